The zero-order valence-electron chi connectivity index (χ0n) is 8.20. The Hall–Kier alpha value is -1.28. The van der Waals surface area contributed by atoms with Crippen LogP contribution in [0.5, 0.6) is 0 Å². The predicted octanol–water partition coefficient (Wildman–Crippen LogP) is 2.43. The molecular weight excluding hydrogens is 174 g/mol. The van der Waals surface area contributed by atoms with Crippen LogP contribution in [0.15, 0.2) is 46.1 Å². The van der Waals surface area contributed by atoms with E-state index < -0.39 is 0 Å². The molecule has 0 aliphatic heterocycles. The van der Waals surface area contributed by atoms with Crippen molar-refractivity contribution in [3.63, 3.8) is 0 Å². The Kier molecular flexibility index (Phi) is 2.84. The molecule has 0 unspecified atom stereocenters. The predicted molar refractivity (Wildman–Crippen MR) is 56.9 cm³/mol. The Labute approximate surface area is 84.1 Å². The molecule has 0 bridgehead atoms. The Morgan fingerprint density at radius 3 is 3.07 bits per heavy atom. The van der Waals surface area contributed by atoms with Gasteiger partial charge in [-0.25, -0.2) is 0 Å². The normalized spacial score (nSPS) is 16.4. The van der Waals surface area contributed by atoms with Crippen LogP contribution in [0.4, 0.5) is 0 Å². The van der Waals surface area contributed by atoms with Crippen LogP contribution in [0.2, 0.25) is 0 Å². The van der Waals surface area contributed by atoms with Gasteiger partial charge in [0.05, 0.1) is 6.26 Å². The van der Waals surface area contributed by atoms with Crippen molar-refractivity contribution in [1.82, 2.24) is 0 Å². The summed E-state index contributed by atoms with van der Waals surface area (Å²) in [5, 5.41) is 0. The largest absolute Gasteiger partial charge is 0.469 e. The molecule has 1 aliphatic rings. The molecule has 2 heteroatoms. The molecular formula is C12H15NO. The first-order valence-electron chi connectivity index (χ1n) is 4.99. The van der Waals surface area contributed by atoms with Crippen molar-refractivity contribution in [2.24, 2.45) is 5.73 Å². The van der Waals surface area contributed by atoms with Crippen molar-refractivity contribution in [2.45, 2.75) is 19.3 Å². The Morgan fingerprint density at radius 2 is 2.36 bits per heavy atom. The maximum absolute atomic E-state index is 5.60. The van der Waals surface area contributed by atoms with E-state index in [0.717, 1.165) is 25.0 Å². The van der Waals surface area contributed by atoms with Crippen molar-refractivity contribution in [3.05, 3.63) is 47.5 Å². The number of furan rings is 1. The molecule has 74 valence electrons. The van der Waals surface area contributed by atoms with Gasteiger partial charge in [-0.15, -0.1) is 0 Å². The molecule has 0 saturated carbocycles. The summed E-state index contributed by atoms with van der Waals surface area (Å²) in [6, 6.07) is 3.94. The molecule has 0 radical (unpaired) electrons. The van der Waals surface area contributed by atoms with E-state index in [4.69, 9.17) is 10.2 Å². The summed E-state index contributed by atoms with van der Waals surface area (Å²) >= 11 is 0. The van der Waals surface area contributed by atoms with E-state index in [-0.39, 0.29) is 0 Å². The summed E-state index contributed by atoms with van der Waals surface area (Å²) in [6.07, 6.45) is 9.30. The fraction of sp³-hybridized carbons (Fsp3) is 0.333. The standard InChI is InChI=1S/C12H15NO/c13-9-11-4-1-3-10(7-11)8-12-5-2-6-14-12/h2,4-7H,1,3,8-9,13H2. The van der Waals surface area contributed by atoms with Gasteiger partial charge in [0.2, 0.25) is 0 Å². The molecule has 0 fully saturated rings. The van der Waals surface area contributed by atoms with Crippen molar-refractivity contribution < 1.29 is 4.42 Å². The smallest absolute Gasteiger partial charge is 0.107 e. The average Bonchev–Trinajstić information content (AvgIpc) is 2.71. The molecule has 1 aliphatic carbocycles. The fourth-order valence-corrected chi connectivity index (χ4v) is 1.75. The highest BCUT2D eigenvalue weighted by atomic mass is 16.3. The highest BCUT2D eigenvalue weighted by molar-refractivity contribution is 5.30. The van der Waals surface area contributed by atoms with Crippen LogP contribution in [0.25, 0.3) is 0 Å². The van der Waals surface area contributed by atoms with Crippen LogP contribution in [0, 0.1) is 0 Å². The van der Waals surface area contributed by atoms with Crippen molar-refractivity contribution in [1.29, 1.82) is 0 Å². The second kappa shape index (κ2) is 4.29. The number of allylic oxidation sites excluding steroid dienone is 2. The van der Waals surface area contributed by atoms with Crippen LogP contribution in [0.3, 0.4) is 0 Å². The molecule has 0 saturated heterocycles. The second-order valence-electron chi connectivity index (χ2n) is 3.58. The highest BCUT2D eigenvalue weighted by Gasteiger charge is 2.06. The third kappa shape index (κ3) is 2.15. The van der Waals surface area contributed by atoms with E-state index in [0.29, 0.717) is 6.54 Å². The summed E-state index contributed by atoms with van der Waals surface area (Å²) < 4.78 is 5.31. The SMILES string of the molecule is NCC1=CCCC(Cc2ccco2)=C1. The fourth-order valence-electron chi connectivity index (χ4n) is 1.75. The van der Waals surface area contributed by atoms with E-state index >= 15 is 0 Å². The summed E-state index contributed by atoms with van der Waals surface area (Å²) in [6.45, 7) is 0.641. The molecule has 2 rings (SSSR count). The van der Waals surface area contributed by atoms with Crippen LogP contribution in [-0.2, 0) is 6.42 Å². The number of hydrogen-bond donors (Lipinski definition) is 1. The zero-order chi connectivity index (χ0) is 9.80. The summed E-state index contributed by atoms with van der Waals surface area (Å²) in [5.41, 5.74) is 8.27. The molecule has 2 nitrogen and oxygen atoms in total. The van der Waals surface area contributed by atoms with Gasteiger partial charge in [0.15, 0.2) is 0 Å². The lowest BCUT2D eigenvalue weighted by Gasteiger charge is -2.11. The molecule has 0 spiro atoms. The third-order valence-electron chi connectivity index (χ3n) is 2.48. The molecule has 2 N–H and O–H groups in total. The van der Waals surface area contributed by atoms with Crippen LogP contribution in [0.1, 0.15) is 18.6 Å². The minimum atomic E-state index is 0.641. The number of hydrogen-bond acceptors (Lipinski definition) is 2. The number of rotatable bonds is 3. The maximum Gasteiger partial charge on any atom is 0.107 e. The van der Waals surface area contributed by atoms with Gasteiger partial charge < -0.3 is 10.2 Å². The van der Waals surface area contributed by atoms with Crippen molar-refractivity contribution >= 4 is 0 Å². The van der Waals surface area contributed by atoms with E-state index in [1.807, 2.05) is 12.1 Å². The first-order valence-corrected chi connectivity index (χ1v) is 4.99. The maximum atomic E-state index is 5.60. The number of nitrogens with two attached hydrogens (primary N) is 1. The molecule has 0 atom stereocenters. The van der Waals surface area contributed by atoms with Gasteiger partial charge in [0.1, 0.15) is 5.76 Å². The van der Waals surface area contributed by atoms with Crippen molar-refractivity contribution in [2.75, 3.05) is 6.54 Å². The Balaban J connectivity index is 2.05. The lowest BCUT2D eigenvalue weighted by atomic mass is 9.96. The highest BCUT2D eigenvalue weighted by Crippen LogP contribution is 2.20. The first-order chi connectivity index (χ1) is 6.88. The summed E-state index contributed by atoms with van der Waals surface area (Å²) in [7, 11) is 0. The third-order valence-corrected chi connectivity index (χ3v) is 2.48. The molecule has 0 amide bonds. The zero-order valence-corrected chi connectivity index (χ0v) is 8.20. The Morgan fingerprint density at radius 1 is 1.43 bits per heavy atom. The van der Waals surface area contributed by atoms with E-state index in [1.54, 1.807) is 6.26 Å². The molecule has 1 aromatic rings. The van der Waals surface area contributed by atoms with Gasteiger partial charge in [-0.2, -0.15) is 0 Å². The lowest BCUT2D eigenvalue weighted by molar-refractivity contribution is 0.517. The topological polar surface area (TPSA) is 39.2 Å². The lowest BCUT2D eigenvalue weighted by Crippen LogP contribution is -2.05. The van der Waals surface area contributed by atoms with Crippen LogP contribution < -0.4 is 5.73 Å². The minimum Gasteiger partial charge on any atom is -0.469 e. The van der Waals surface area contributed by atoms with Gasteiger partial charge in [-0.1, -0.05) is 17.7 Å². The molecule has 1 heterocycles. The van der Waals surface area contributed by atoms with Gasteiger partial charge in [0.25, 0.3) is 0 Å². The van der Waals surface area contributed by atoms with Gasteiger partial charge in [-0.3, -0.25) is 0 Å². The average molecular weight is 189 g/mol. The van der Waals surface area contributed by atoms with Gasteiger partial charge in [-0.05, 0) is 30.5 Å². The molecule has 1 aromatic heterocycles. The Bertz CT molecular complexity index is 346. The van der Waals surface area contributed by atoms with Crippen LogP contribution in [-0.4, -0.2) is 6.54 Å². The second-order valence-corrected chi connectivity index (χ2v) is 3.58. The van der Waals surface area contributed by atoms with E-state index in [9.17, 15) is 0 Å². The van der Waals surface area contributed by atoms with E-state index in [2.05, 4.69) is 12.2 Å². The minimum absolute atomic E-state index is 0.641. The van der Waals surface area contributed by atoms with E-state index in [1.165, 1.54) is 11.1 Å². The van der Waals surface area contributed by atoms with Crippen LogP contribution >= 0.6 is 0 Å². The van der Waals surface area contributed by atoms with Crippen molar-refractivity contribution in [3.8, 4) is 0 Å². The molecule has 14 heavy (non-hydrogen) atoms. The molecule has 0 aromatic carbocycles. The first kappa shape index (κ1) is 9.28. The monoisotopic (exact) mass is 189 g/mol. The van der Waals surface area contributed by atoms with Gasteiger partial charge >= 0.3 is 0 Å². The van der Waals surface area contributed by atoms with Gasteiger partial charge in [0, 0.05) is 13.0 Å². The summed E-state index contributed by atoms with van der Waals surface area (Å²) in [5.74, 6) is 1.04. The summed E-state index contributed by atoms with van der Waals surface area (Å²) in [4.78, 5) is 0. The quantitative estimate of drug-likeness (QED) is 0.793.